The van der Waals surface area contributed by atoms with Gasteiger partial charge in [-0.2, -0.15) is 0 Å². The Balaban J connectivity index is 1.89. The highest BCUT2D eigenvalue weighted by atomic mass is 16.5. The van der Waals surface area contributed by atoms with Gasteiger partial charge in [0.05, 0.1) is 12.2 Å². The van der Waals surface area contributed by atoms with Crippen molar-refractivity contribution in [3.8, 4) is 5.75 Å². The third kappa shape index (κ3) is 4.19. The van der Waals surface area contributed by atoms with Crippen molar-refractivity contribution in [3.05, 3.63) is 29.8 Å². The normalized spacial score (nSPS) is 27.0. The number of aliphatic hydroxyl groups is 1. The zero-order valence-corrected chi connectivity index (χ0v) is 13.4. The number of nitrogens with one attached hydrogen (secondary N) is 1. The van der Waals surface area contributed by atoms with E-state index in [1.807, 2.05) is 32.9 Å². The molecule has 0 saturated carbocycles. The summed E-state index contributed by atoms with van der Waals surface area (Å²) in [6.45, 7) is 9.24. The molecule has 1 aromatic carbocycles. The number of hydrogen-bond donors (Lipinski definition) is 2. The van der Waals surface area contributed by atoms with Gasteiger partial charge in [0, 0.05) is 25.6 Å². The molecule has 1 saturated heterocycles. The lowest BCUT2D eigenvalue weighted by Gasteiger charge is -2.28. The Kier molecular flexibility index (Phi) is 5.25. The van der Waals surface area contributed by atoms with Gasteiger partial charge in [-0.25, -0.2) is 0 Å². The number of benzene rings is 1. The van der Waals surface area contributed by atoms with Crippen LogP contribution in [-0.2, 0) is 4.74 Å². The summed E-state index contributed by atoms with van der Waals surface area (Å²) in [6.07, 6.45) is 0.762. The molecule has 118 valence electrons. The lowest BCUT2D eigenvalue weighted by molar-refractivity contribution is -0.0274. The van der Waals surface area contributed by atoms with Gasteiger partial charge in [-0.3, -0.25) is 0 Å². The molecule has 2 N–H and O–H groups in total. The molecular formula is C17H27NO3. The molecule has 0 spiro atoms. The van der Waals surface area contributed by atoms with Crippen molar-refractivity contribution >= 4 is 0 Å². The predicted molar refractivity (Wildman–Crippen MR) is 83.6 cm³/mol. The van der Waals surface area contributed by atoms with Crippen molar-refractivity contribution in [2.45, 2.75) is 58.0 Å². The summed E-state index contributed by atoms with van der Waals surface area (Å²) in [7, 11) is 0. The fourth-order valence-corrected chi connectivity index (χ4v) is 2.56. The Labute approximate surface area is 127 Å². The summed E-state index contributed by atoms with van der Waals surface area (Å²) in [5.41, 5.74) is 0.427. The van der Waals surface area contributed by atoms with Gasteiger partial charge in [0.25, 0.3) is 0 Å². The lowest BCUT2D eigenvalue weighted by atomic mass is 9.96. The van der Waals surface area contributed by atoms with Crippen LogP contribution in [0.15, 0.2) is 24.3 Å². The van der Waals surface area contributed by atoms with Gasteiger partial charge in [-0.1, -0.05) is 12.1 Å². The second kappa shape index (κ2) is 6.77. The average Bonchev–Trinajstić information content (AvgIpc) is 2.77. The second-order valence-electron chi connectivity index (χ2n) is 6.20. The number of hydrogen-bond acceptors (Lipinski definition) is 4. The average molecular weight is 293 g/mol. The van der Waals surface area contributed by atoms with Crippen LogP contribution in [0.2, 0.25) is 0 Å². The molecule has 1 aliphatic rings. The molecule has 0 aliphatic carbocycles. The van der Waals surface area contributed by atoms with Gasteiger partial charge in [-0.05, 0) is 45.4 Å². The quantitative estimate of drug-likeness (QED) is 0.846. The van der Waals surface area contributed by atoms with E-state index in [2.05, 4.69) is 24.4 Å². The van der Waals surface area contributed by atoms with E-state index in [0.717, 1.165) is 5.75 Å². The largest absolute Gasteiger partial charge is 0.491 e. The van der Waals surface area contributed by atoms with E-state index in [4.69, 9.17) is 9.47 Å². The maximum absolute atomic E-state index is 10.5. The standard InChI is InChI=1S/C17H27NO3/c1-12(2)21-16-7-5-15(6-8-16)13(3)18-11-17(19)9-10-20-14(17)4/h5-8,12-14,18-19H,9-11H2,1-4H3. The molecule has 1 heterocycles. The smallest absolute Gasteiger partial charge is 0.119 e. The molecule has 2 rings (SSSR count). The number of rotatable bonds is 6. The third-order valence-corrected chi connectivity index (χ3v) is 4.13. The minimum absolute atomic E-state index is 0.112. The Bertz CT molecular complexity index is 446. The summed E-state index contributed by atoms with van der Waals surface area (Å²) >= 11 is 0. The van der Waals surface area contributed by atoms with Gasteiger partial charge >= 0.3 is 0 Å². The second-order valence-corrected chi connectivity index (χ2v) is 6.20. The zero-order chi connectivity index (χ0) is 15.5. The molecule has 1 aliphatic heterocycles. The molecule has 0 bridgehead atoms. The van der Waals surface area contributed by atoms with E-state index in [1.165, 1.54) is 5.56 Å². The van der Waals surface area contributed by atoms with Crippen LogP contribution in [-0.4, -0.2) is 36.1 Å². The van der Waals surface area contributed by atoms with E-state index in [0.29, 0.717) is 19.6 Å². The Morgan fingerprint density at radius 1 is 1.33 bits per heavy atom. The van der Waals surface area contributed by atoms with E-state index in [-0.39, 0.29) is 18.2 Å². The molecule has 1 aromatic rings. The minimum atomic E-state index is -0.755. The van der Waals surface area contributed by atoms with Crippen molar-refractivity contribution in [1.82, 2.24) is 5.32 Å². The topological polar surface area (TPSA) is 50.7 Å². The highest BCUT2D eigenvalue weighted by molar-refractivity contribution is 5.29. The van der Waals surface area contributed by atoms with E-state index in [9.17, 15) is 5.11 Å². The molecule has 4 nitrogen and oxygen atoms in total. The molecule has 3 atom stereocenters. The Morgan fingerprint density at radius 2 is 2.00 bits per heavy atom. The monoisotopic (exact) mass is 293 g/mol. The maximum Gasteiger partial charge on any atom is 0.119 e. The van der Waals surface area contributed by atoms with Gasteiger partial charge < -0.3 is 19.9 Å². The van der Waals surface area contributed by atoms with Crippen LogP contribution in [0.25, 0.3) is 0 Å². The minimum Gasteiger partial charge on any atom is -0.491 e. The molecule has 21 heavy (non-hydrogen) atoms. The SMILES string of the molecule is CC(C)Oc1ccc(C(C)NCC2(O)CCOC2C)cc1. The molecule has 0 aromatic heterocycles. The van der Waals surface area contributed by atoms with Crippen molar-refractivity contribution in [2.24, 2.45) is 0 Å². The van der Waals surface area contributed by atoms with Gasteiger partial charge in [0.2, 0.25) is 0 Å². The molecule has 3 unspecified atom stereocenters. The first kappa shape index (κ1) is 16.3. The third-order valence-electron chi connectivity index (χ3n) is 4.13. The summed E-state index contributed by atoms with van der Waals surface area (Å²) in [6, 6.07) is 8.28. The summed E-state index contributed by atoms with van der Waals surface area (Å²) in [5, 5.41) is 13.9. The van der Waals surface area contributed by atoms with Crippen LogP contribution >= 0.6 is 0 Å². The van der Waals surface area contributed by atoms with Crippen LogP contribution in [0.3, 0.4) is 0 Å². The molecule has 4 heteroatoms. The van der Waals surface area contributed by atoms with Gasteiger partial charge in [0.1, 0.15) is 11.4 Å². The number of ether oxygens (including phenoxy) is 2. The van der Waals surface area contributed by atoms with Crippen LogP contribution < -0.4 is 10.1 Å². The van der Waals surface area contributed by atoms with E-state index < -0.39 is 5.60 Å². The van der Waals surface area contributed by atoms with Crippen molar-refractivity contribution < 1.29 is 14.6 Å². The Morgan fingerprint density at radius 3 is 2.52 bits per heavy atom. The maximum atomic E-state index is 10.5. The van der Waals surface area contributed by atoms with Gasteiger partial charge in [0.15, 0.2) is 0 Å². The fourth-order valence-electron chi connectivity index (χ4n) is 2.56. The Hall–Kier alpha value is -1.10. The van der Waals surface area contributed by atoms with Crippen molar-refractivity contribution in [2.75, 3.05) is 13.2 Å². The van der Waals surface area contributed by atoms with Crippen LogP contribution in [0.1, 0.15) is 45.7 Å². The van der Waals surface area contributed by atoms with E-state index >= 15 is 0 Å². The highest BCUT2D eigenvalue weighted by Crippen LogP contribution is 2.26. The lowest BCUT2D eigenvalue weighted by Crippen LogP contribution is -2.46. The van der Waals surface area contributed by atoms with Gasteiger partial charge in [-0.15, -0.1) is 0 Å². The predicted octanol–water partition coefficient (Wildman–Crippen LogP) is 2.66. The van der Waals surface area contributed by atoms with Crippen molar-refractivity contribution in [3.63, 3.8) is 0 Å². The first-order chi connectivity index (χ1) is 9.90. The first-order valence-corrected chi connectivity index (χ1v) is 7.75. The molecule has 0 radical (unpaired) electrons. The molecule has 0 amide bonds. The summed E-state index contributed by atoms with van der Waals surface area (Å²) < 4.78 is 11.1. The first-order valence-electron chi connectivity index (χ1n) is 7.75. The van der Waals surface area contributed by atoms with Crippen LogP contribution in [0.4, 0.5) is 0 Å². The summed E-state index contributed by atoms with van der Waals surface area (Å²) in [5.74, 6) is 0.886. The van der Waals surface area contributed by atoms with E-state index in [1.54, 1.807) is 0 Å². The molecular weight excluding hydrogens is 266 g/mol. The summed E-state index contributed by atoms with van der Waals surface area (Å²) in [4.78, 5) is 0. The highest BCUT2D eigenvalue weighted by Gasteiger charge is 2.39. The molecule has 1 fully saturated rings. The van der Waals surface area contributed by atoms with Crippen LogP contribution in [0.5, 0.6) is 5.75 Å². The van der Waals surface area contributed by atoms with Crippen molar-refractivity contribution in [1.29, 1.82) is 0 Å². The van der Waals surface area contributed by atoms with Crippen LogP contribution in [0, 0.1) is 0 Å². The zero-order valence-electron chi connectivity index (χ0n) is 13.4. The fraction of sp³-hybridized carbons (Fsp3) is 0.647.